The third-order valence-electron chi connectivity index (χ3n) is 7.53. The minimum absolute atomic E-state index is 0.300. The molecule has 1 aromatic heterocycles. The van der Waals surface area contributed by atoms with Crippen molar-refractivity contribution in [3.63, 3.8) is 0 Å². The second-order valence-electron chi connectivity index (χ2n) is 10.5. The molecule has 3 aromatic rings. The van der Waals surface area contributed by atoms with E-state index in [1.54, 1.807) is 30.3 Å². The van der Waals surface area contributed by atoms with Crippen molar-refractivity contribution in [3.05, 3.63) is 93.3 Å². The fourth-order valence-corrected chi connectivity index (χ4v) is 5.37. The van der Waals surface area contributed by atoms with Gasteiger partial charge in [0.15, 0.2) is 0 Å². The second-order valence-corrected chi connectivity index (χ2v) is 10.5. The Kier molecular flexibility index (Phi) is 9.59. The summed E-state index contributed by atoms with van der Waals surface area (Å²) in [5.74, 6) is -2.78. The first-order chi connectivity index (χ1) is 20.0. The van der Waals surface area contributed by atoms with Crippen molar-refractivity contribution < 1.29 is 37.3 Å². The molecule has 2 atom stereocenters. The number of halogens is 3. The number of rotatable bonds is 11. The number of carboxylic acids is 1. The topological polar surface area (TPSA) is 115 Å². The molecule has 0 radical (unpaired) electrons. The van der Waals surface area contributed by atoms with Crippen LogP contribution >= 0.6 is 0 Å². The monoisotopic (exact) mass is 585 g/mol. The van der Waals surface area contributed by atoms with Crippen LogP contribution in [0.5, 0.6) is 5.75 Å². The molecule has 2 aromatic carbocycles. The van der Waals surface area contributed by atoms with Crippen LogP contribution in [-0.2, 0) is 29.0 Å². The Bertz CT molecular complexity index is 1440. The van der Waals surface area contributed by atoms with Crippen LogP contribution in [0.2, 0.25) is 0 Å². The highest BCUT2D eigenvalue weighted by Crippen LogP contribution is 2.39. The van der Waals surface area contributed by atoms with Crippen LogP contribution in [0.3, 0.4) is 0 Å². The van der Waals surface area contributed by atoms with Gasteiger partial charge in [-0.2, -0.15) is 13.2 Å². The molecule has 1 aliphatic carbocycles. The van der Waals surface area contributed by atoms with Crippen LogP contribution < -0.4 is 20.1 Å². The normalized spacial score (nSPS) is 15.1. The van der Waals surface area contributed by atoms with Crippen molar-refractivity contribution in [1.29, 1.82) is 0 Å². The lowest BCUT2D eigenvalue weighted by atomic mass is 9.79. The molecule has 2 unspecified atom stereocenters. The molecule has 0 aliphatic heterocycles. The number of carbonyl (C=O) groups excluding carboxylic acids is 1. The molecule has 4 rings (SSSR count). The number of aromatic nitrogens is 1. The summed E-state index contributed by atoms with van der Waals surface area (Å²) in [7, 11) is 0. The Morgan fingerprint density at radius 3 is 2.62 bits per heavy atom. The van der Waals surface area contributed by atoms with Gasteiger partial charge in [-0.1, -0.05) is 31.2 Å². The van der Waals surface area contributed by atoms with Crippen LogP contribution in [0.15, 0.2) is 54.7 Å². The minimum Gasteiger partial charge on any atom is -0.711 e. The van der Waals surface area contributed by atoms with E-state index in [4.69, 9.17) is 4.74 Å². The summed E-state index contributed by atoms with van der Waals surface area (Å²) in [6.45, 7) is 4.37. The van der Waals surface area contributed by atoms with E-state index in [1.165, 1.54) is 6.20 Å². The highest BCUT2D eigenvalue weighted by atomic mass is 19.4. The van der Waals surface area contributed by atoms with Crippen LogP contribution in [0.25, 0.3) is 0 Å². The Hall–Kier alpha value is -4.28. The van der Waals surface area contributed by atoms with Crippen LogP contribution in [-0.4, -0.2) is 36.3 Å². The van der Waals surface area contributed by atoms with E-state index in [-0.39, 0.29) is 12.5 Å². The summed E-state index contributed by atoms with van der Waals surface area (Å²) < 4.78 is 44.8. The summed E-state index contributed by atoms with van der Waals surface area (Å²) in [4.78, 5) is 23.5. The molecular weight excluding hydrogens is 551 g/mol. The van der Waals surface area contributed by atoms with E-state index in [1.807, 2.05) is 37.4 Å². The van der Waals surface area contributed by atoms with Gasteiger partial charge in [-0.05, 0) is 77.8 Å². The molecule has 1 amide bonds. The van der Waals surface area contributed by atoms with E-state index in [9.17, 15) is 33.1 Å². The molecule has 1 heterocycles. The minimum atomic E-state index is -4.98. The number of alkyl halides is 3. The van der Waals surface area contributed by atoms with Crippen molar-refractivity contribution >= 4 is 17.7 Å². The standard InChI is InChI=1S/C31H34F3N3O5/c1-3-25(29(38)39)27-17-21-6-7-24(42-12-4-10-35-28-13-19(2)9-11-37(28)41)16-22(21)15-23-14-20(5-8-26(23)27)18-36-30(40)31(32,33)34/h5-9,11,13-14,16,25,27,35H,3-4,10,12,15,17-18H2,1-2H3,(H,36,40)(H,38,39). The van der Waals surface area contributed by atoms with Crippen molar-refractivity contribution in [3.8, 4) is 5.75 Å². The Balaban J connectivity index is 1.50. The average molecular weight is 586 g/mol. The average Bonchev–Trinajstić information content (AvgIpc) is 3.09. The zero-order valence-corrected chi connectivity index (χ0v) is 23.5. The van der Waals surface area contributed by atoms with Crippen molar-refractivity contribution in [2.75, 3.05) is 18.5 Å². The predicted octanol–water partition coefficient (Wildman–Crippen LogP) is 5.03. The number of hydrogen-bond acceptors (Lipinski definition) is 5. The number of amides is 1. The first-order valence-corrected chi connectivity index (χ1v) is 13.8. The van der Waals surface area contributed by atoms with Gasteiger partial charge in [0.1, 0.15) is 5.75 Å². The quantitative estimate of drug-likeness (QED) is 0.165. The lowest BCUT2D eigenvalue weighted by Crippen LogP contribution is -2.36. The highest BCUT2D eigenvalue weighted by molar-refractivity contribution is 5.81. The molecule has 224 valence electrons. The summed E-state index contributed by atoms with van der Waals surface area (Å²) in [6.07, 6.45) is -1.53. The highest BCUT2D eigenvalue weighted by Gasteiger charge is 2.38. The molecule has 11 heteroatoms. The van der Waals surface area contributed by atoms with Crippen molar-refractivity contribution in [2.45, 2.75) is 58.2 Å². The molecule has 0 saturated heterocycles. The van der Waals surface area contributed by atoms with Gasteiger partial charge in [0.05, 0.1) is 25.3 Å². The number of carbonyl (C=O) groups is 2. The van der Waals surface area contributed by atoms with Gasteiger partial charge in [-0.15, -0.1) is 0 Å². The van der Waals surface area contributed by atoms with Gasteiger partial charge < -0.3 is 20.4 Å². The number of hydrogen-bond donors (Lipinski definition) is 3. The third kappa shape index (κ3) is 7.51. The third-order valence-corrected chi connectivity index (χ3v) is 7.53. The molecule has 0 spiro atoms. The molecule has 8 nitrogen and oxygen atoms in total. The van der Waals surface area contributed by atoms with Gasteiger partial charge in [-0.25, -0.2) is 4.73 Å². The number of fused-ring (bicyclic) bond motifs is 2. The van der Waals surface area contributed by atoms with E-state index >= 15 is 0 Å². The van der Waals surface area contributed by atoms with Gasteiger partial charge in [-0.3, -0.25) is 14.9 Å². The number of anilines is 1. The zero-order chi connectivity index (χ0) is 30.4. The first-order valence-electron chi connectivity index (χ1n) is 13.8. The lowest BCUT2D eigenvalue weighted by molar-refractivity contribution is -0.590. The molecule has 0 saturated carbocycles. The summed E-state index contributed by atoms with van der Waals surface area (Å²) in [5, 5.41) is 26.8. The van der Waals surface area contributed by atoms with Crippen LogP contribution in [0.4, 0.5) is 19.0 Å². The van der Waals surface area contributed by atoms with Crippen LogP contribution in [0.1, 0.15) is 59.1 Å². The number of ether oxygens (including phenoxy) is 1. The molecule has 42 heavy (non-hydrogen) atoms. The fourth-order valence-electron chi connectivity index (χ4n) is 5.37. The fraction of sp³-hybridized carbons (Fsp3) is 0.387. The molecule has 1 aliphatic rings. The number of benzene rings is 2. The zero-order valence-electron chi connectivity index (χ0n) is 23.5. The molecule has 0 fully saturated rings. The number of pyridine rings is 1. The first kappa shape index (κ1) is 30.7. The number of nitrogens with zero attached hydrogens (tertiary/aromatic N) is 1. The van der Waals surface area contributed by atoms with E-state index in [2.05, 4.69) is 5.32 Å². The largest absolute Gasteiger partial charge is 0.711 e. The predicted molar refractivity (Wildman–Crippen MR) is 150 cm³/mol. The van der Waals surface area contributed by atoms with Gasteiger partial charge in [0.25, 0.3) is 5.82 Å². The SMILES string of the molecule is CCC(C(=O)O)C1Cc2ccc(OCCCNc3cc(C)cc[n+]3[O-])cc2Cc2cc(CNC(=O)C(F)(F)F)ccc21. The number of nitrogens with one attached hydrogen (secondary N) is 2. The lowest BCUT2D eigenvalue weighted by Gasteiger charge is -2.24. The van der Waals surface area contributed by atoms with Gasteiger partial charge >= 0.3 is 18.1 Å². The molecule has 3 N–H and O–H groups in total. The van der Waals surface area contributed by atoms with E-state index in [0.29, 0.717) is 56.0 Å². The maximum atomic E-state index is 12.7. The van der Waals surface area contributed by atoms with Gasteiger partial charge in [0.2, 0.25) is 0 Å². The second kappa shape index (κ2) is 13.1. The maximum absolute atomic E-state index is 12.7. The Morgan fingerprint density at radius 1 is 1.12 bits per heavy atom. The van der Waals surface area contributed by atoms with Crippen molar-refractivity contribution in [2.24, 2.45) is 5.92 Å². The van der Waals surface area contributed by atoms with E-state index in [0.717, 1.165) is 32.5 Å². The Labute approximate surface area is 242 Å². The van der Waals surface area contributed by atoms with Crippen LogP contribution in [0, 0.1) is 18.0 Å². The van der Waals surface area contributed by atoms with E-state index < -0.39 is 24.0 Å². The number of aryl methyl sites for hydroxylation is 1. The van der Waals surface area contributed by atoms with Gasteiger partial charge in [0, 0.05) is 24.9 Å². The number of carboxylic acid groups (broad SMARTS) is 1. The maximum Gasteiger partial charge on any atom is 0.471 e. The van der Waals surface area contributed by atoms with Crippen molar-refractivity contribution in [1.82, 2.24) is 5.32 Å². The summed E-state index contributed by atoms with van der Waals surface area (Å²) in [5.41, 5.74) is 5.04. The molecular formula is C31H34F3N3O5. The Morgan fingerprint density at radius 2 is 1.90 bits per heavy atom. The number of aliphatic carboxylic acids is 1. The summed E-state index contributed by atoms with van der Waals surface area (Å²) >= 11 is 0. The molecule has 0 bridgehead atoms. The smallest absolute Gasteiger partial charge is 0.471 e. The summed E-state index contributed by atoms with van der Waals surface area (Å²) in [6, 6.07) is 14.4.